The second-order valence-corrected chi connectivity index (χ2v) is 4.59. The van der Waals surface area contributed by atoms with Crippen molar-refractivity contribution in [1.29, 1.82) is 0 Å². The molecule has 94 valence electrons. The molecule has 0 atom stereocenters. The van der Waals surface area contributed by atoms with E-state index < -0.39 is 0 Å². The first-order valence-corrected chi connectivity index (χ1v) is 6.41. The van der Waals surface area contributed by atoms with Gasteiger partial charge in [0, 0.05) is 20.2 Å². The zero-order valence-electron chi connectivity index (χ0n) is 10.8. The van der Waals surface area contributed by atoms with Crippen LogP contribution in [0.25, 0.3) is 0 Å². The molecule has 0 unspecified atom stereocenters. The van der Waals surface area contributed by atoms with Crippen LogP contribution >= 0.6 is 0 Å². The van der Waals surface area contributed by atoms with Gasteiger partial charge in [-0.1, -0.05) is 0 Å². The van der Waals surface area contributed by atoms with Crippen molar-refractivity contribution >= 4 is 0 Å². The Morgan fingerprint density at radius 2 is 1.56 bits per heavy atom. The van der Waals surface area contributed by atoms with Crippen LogP contribution in [0.15, 0.2) is 12.3 Å². The molecule has 1 fully saturated rings. The van der Waals surface area contributed by atoms with Gasteiger partial charge in [0.1, 0.15) is 0 Å². The number of nitrogens with zero attached hydrogens (tertiary/aromatic N) is 2. The van der Waals surface area contributed by atoms with Crippen LogP contribution in [-0.4, -0.2) is 56.7 Å². The average Bonchev–Trinajstić information content (AvgIpc) is 2.29. The highest BCUT2D eigenvalue weighted by Crippen LogP contribution is 2.05. The first-order chi connectivity index (χ1) is 7.83. The molecule has 0 N–H and O–H groups in total. The Labute approximate surface area is 100 Å². The van der Waals surface area contributed by atoms with Gasteiger partial charge in [0.2, 0.25) is 0 Å². The molecule has 1 aliphatic rings. The SMILES string of the molecule is COC/C=C/N1CCCCN(C)CCCC1. The summed E-state index contributed by atoms with van der Waals surface area (Å²) in [6.07, 6.45) is 9.52. The summed E-state index contributed by atoms with van der Waals surface area (Å²) >= 11 is 0. The van der Waals surface area contributed by atoms with E-state index in [4.69, 9.17) is 4.74 Å². The second-order valence-electron chi connectivity index (χ2n) is 4.59. The fourth-order valence-corrected chi connectivity index (χ4v) is 2.05. The largest absolute Gasteiger partial charge is 0.381 e. The predicted molar refractivity (Wildman–Crippen MR) is 68.6 cm³/mol. The molecule has 0 radical (unpaired) electrons. The zero-order chi connectivity index (χ0) is 11.6. The number of rotatable bonds is 3. The highest BCUT2D eigenvalue weighted by atomic mass is 16.5. The lowest BCUT2D eigenvalue weighted by Gasteiger charge is -2.24. The van der Waals surface area contributed by atoms with Crippen molar-refractivity contribution in [1.82, 2.24) is 9.80 Å². The summed E-state index contributed by atoms with van der Waals surface area (Å²) in [5.41, 5.74) is 0. The van der Waals surface area contributed by atoms with E-state index in [9.17, 15) is 0 Å². The van der Waals surface area contributed by atoms with Gasteiger partial charge in [-0.25, -0.2) is 0 Å². The van der Waals surface area contributed by atoms with Gasteiger partial charge >= 0.3 is 0 Å². The molecule has 0 aromatic carbocycles. The lowest BCUT2D eigenvalue weighted by atomic mass is 10.2. The van der Waals surface area contributed by atoms with Crippen LogP contribution in [0.2, 0.25) is 0 Å². The Balaban J connectivity index is 2.28. The molecule has 0 saturated carbocycles. The lowest BCUT2D eigenvalue weighted by molar-refractivity contribution is 0.230. The van der Waals surface area contributed by atoms with Crippen LogP contribution in [0.1, 0.15) is 25.7 Å². The number of ether oxygens (including phenoxy) is 1. The van der Waals surface area contributed by atoms with Crippen molar-refractivity contribution in [3.8, 4) is 0 Å². The third-order valence-electron chi connectivity index (χ3n) is 3.05. The van der Waals surface area contributed by atoms with E-state index in [1.165, 1.54) is 51.9 Å². The van der Waals surface area contributed by atoms with E-state index >= 15 is 0 Å². The van der Waals surface area contributed by atoms with Gasteiger partial charge in [0.15, 0.2) is 0 Å². The maximum absolute atomic E-state index is 5.03. The molecule has 3 heteroatoms. The molecule has 0 spiro atoms. The molecule has 0 bridgehead atoms. The highest BCUT2D eigenvalue weighted by Gasteiger charge is 2.04. The molecule has 1 saturated heterocycles. The van der Waals surface area contributed by atoms with E-state index in [2.05, 4.69) is 29.1 Å². The van der Waals surface area contributed by atoms with E-state index in [1.54, 1.807) is 7.11 Å². The molecule has 1 heterocycles. The maximum Gasteiger partial charge on any atom is 0.0660 e. The zero-order valence-corrected chi connectivity index (χ0v) is 10.8. The lowest BCUT2D eigenvalue weighted by Crippen LogP contribution is -2.27. The molecule has 1 rings (SSSR count). The van der Waals surface area contributed by atoms with Crippen LogP contribution in [-0.2, 0) is 4.74 Å². The monoisotopic (exact) mass is 226 g/mol. The first-order valence-electron chi connectivity index (χ1n) is 6.41. The Morgan fingerprint density at radius 1 is 1.00 bits per heavy atom. The average molecular weight is 226 g/mol. The van der Waals surface area contributed by atoms with Gasteiger partial charge in [-0.3, -0.25) is 0 Å². The van der Waals surface area contributed by atoms with Crippen molar-refractivity contribution in [3.63, 3.8) is 0 Å². The van der Waals surface area contributed by atoms with Crippen molar-refractivity contribution in [2.24, 2.45) is 0 Å². The fraction of sp³-hybridized carbons (Fsp3) is 0.846. The maximum atomic E-state index is 5.03. The Morgan fingerprint density at radius 3 is 2.12 bits per heavy atom. The van der Waals surface area contributed by atoms with Gasteiger partial charge in [0.05, 0.1) is 6.61 Å². The first kappa shape index (κ1) is 13.5. The second kappa shape index (κ2) is 8.59. The third-order valence-corrected chi connectivity index (χ3v) is 3.05. The third kappa shape index (κ3) is 6.13. The molecule has 3 nitrogen and oxygen atoms in total. The molecule has 16 heavy (non-hydrogen) atoms. The minimum atomic E-state index is 0.721. The van der Waals surface area contributed by atoms with Crippen molar-refractivity contribution < 1.29 is 4.74 Å². The van der Waals surface area contributed by atoms with Gasteiger partial charge in [-0.15, -0.1) is 0 Å². The van der Waals surface area contributed by atoms with E-state index in [0.717, 1.165) is 6.61 Å². The van der Waals surface area contributed by atoms with Gasteiger partial charge in [-0.2, -0.15) is 0 Å². The van der Waals surface area contributed by atoms with Crippen LogP contribution in [0.4, 0.5) is 0 Å². The van der Waals surface area contributed by atoms with Crippen molar-refractivity contribution in [2.75, 3.05) is 46.9 Å². The van der Waals surface area contributed by atoms with Crippen LogP contribution < -0.4 is 0 Å². The minimum absolute atomic E-state index is 0.721. The van der Waals surface area contributed by atoms with Gasteiger partial charge in [0.25, 0.3) is 0 Å². The highest BCUT2D eigenvalue weighted by molar-refractivity contribution is 4.82. The number of hydrogen-bond donors (Lipinski definition) is 0. The Hall–Kier alpha value is -0.540. The smallest absolute Gasteiger partial charge is 0.0660 e. The van der Waals surface area contributed by atoms with Crippen LogP contribution in [0.3, 0.4) is 0 Å². The topological polar surface area (TPSA) is 15.7 Å². The fourth-order valence-electron chi connectivity index (χ4n) is 2.05. The van der Waals surface area contributed by atoms with Crippen molar-refractivity contribution in [2.45, 2.75) is 25.7 Å². The predicted octanol–water partition coefficient (Wildman–Crippen LogP) is 1.95. The molecule has 0 aromatic heterocycles. The van der Waals surface area contributed by atoms with Gasteiger partial charge < -0.3 is 14.5 Å². The standard InChI is InChI=1S/C13H26N2O/c1-14-8-3-5-10-15(11-6-4-9-14)12-7-13-16-2/h7,12H,3-6,8-11,13H2,1-2H3/b12-7+. The summed E-state index contributed by atoms with van der Waals surface area (Å²) in [5.74, 6) is 0. The summed E-state index contributed by atoms with van der Waals surface area (Å²) < 4.78 is 5.03. The van der Waals surface area contributed by atoms with E-state index in [-0.39, 0.29) is 0 Å². The minimum Gasteiger partial charge on any atom is -0.381 e. The molecule has 0 aromatic rings. The summed E-state index contributed by atoms with van der Waals surface area (Å²) in [6, 6.07) is 0. The van der Waals surface area contributed by atoms with Gasteiger partial charge in [-0.05, 0) is 58.1 Å². The Kier molecular flexibility index (Phi) is 7.26. The van der Waals surface area contributed by atoms with Crippen LogP contribution in [0.5, 0.6) is 0 Å². The summed E-state index contributed by atoms with van der Waals surface area (Å²) in [4.78, 5) is 4.89. The van der Waals surface area contributed by atoms with E-state index in [0.29, 0.717) is 0 Å². The van der Waals surface area contributed by atoms with Crippen LogP contribution in [0, 0.1) is 0 Å². The summed E-state index contributed by atoms with van der Waals surface area (Å²) in [5, 5.41) is 0. The molecular formula is C13H26N2O. The Bertz CT molecular complexity index is 182. The summed E-state index contributed by atoms with van der Waals surface area (Å²) in [7, 11) is 3.97. The molecular weight excluding hydrogens is 200 g/mol. The molecule has 0 amide bonds. The number of methoxy groups -OCH3 is 1. The normalized spacial score (nSPS) is 21.5. The van der Waals surface area contributed by atoms with E-state index in [1.807, 2.05) is 0 Å². The summed E-state index contributed by atoms with van der Waals surface area (Å²) in [6.45, 7) is 5.59. The number of hydrogen-bond acceptors (Lipinski definition) is 3. The molecule has 1 aliphatic heterocycles. The quantitative estimate of drug-likeness (QED) is 0.731. The molecule has 0 aliphatic carbocycles. The van der Waals surface area contributed by atoms with Crippen molar-refractivity contribution in [3.05, 3.63) is 12.3 Å².